The van der Waals surface area contributed by atoms with Gasteiger partial charge in [-0.25, -0.2) is 9.67 Å². The quantitative estimate of drug-likeness (QED) is 0.316. The average Bonchev–Trinajstić information content (AvgIpc) is 3.18. The number of halogens is 3. The second-order valence-electron chi connectivity index (χ2n) is 12.6. The van der Waals surface area contributed by atoms with Crippen molar-refractivity contribution in [1.82, 2.24) is 20.0 Å². The molecule has 2 unspecified atom stereocenters. The highest BCUT2D eigenvalue weighted by atomic mass is 79.9. The Hall–Kier alpha value is -0.470. The maximum atomic E-state index is 6.71. The molecule has 2 aliphatic carbocycles. The van der Waals surface area contributed by atoms with Crippen LogP contribution in [0.5, 0.6) is 0 Å². The van der Waals surface area contributed by atoms with Crippen LogP contribution in [0.3, 0.4) is 0 Å². The van der Waals surface area contributed by atoms with E-state index < -0.39 is 0 Å². The smallest absolute Gasteiger partial charge is 0.165 e. The van der Waals surface area contributed by atoms with Gasteiger partial charge in [0.2, 0.25) is 0 Å². The summed E-state index contributed by atoms with van der Waals surface area (Å²) in [5.74, 6) is 3.51. The molecule has 2 fully saturated rings. The normalized spacial score (nSPS) is 35.2. The molecule has 0 radical (unpaired) electrons. The summed E-state index contributed by atoms with van der Waals surface area (Å²) < 4.78 is 2.99. The third kappa shape index (κ3) is 5.93. The van der Waals surface area contributed by atoms with E-state index >= 15 is 0 Å². The molecule has 1 saturated heterocycles. The Bertz CT molecular complexity index is 1090. The molecule has 5 rings (SSSR count). The van der Waals surface area contributed by atoms with E-state index in [1.807, 2.05) is 10.9 Å². The first-order chi connectivity index (χ1) is 18.2. The van der Waals surface area contributed by atoms with Crippen LogP contribution in [-0.2, 0) is 6.54 Å². The van der Waals surface area contributed by atoms with Gasteiger partial charge in [-0.1, -0.05) is 67.4 Å². The molecular formula is C30H44Br2ClN5. The second-order valence-corrected chi connectivity index (χ2v) is 14.5. The van der Waals surface area contributed by atoms with Crippen LogP contribution in [0.2, 0.25) is 0 Å². The lowest BCUT2D eigenvalue weighted by atomic mass is 9.60. The molecule has 210 valence electrons. The molecule has 1 N–H and O–H groups in total. The largest absolute Gasteiger partial charge is 0.309 e. The predicted octanol–water partition coefficient (Wildman–Crippen LogP) is 7.72. The summed E-state index contributed by atoms with van der Waals surface area (Å²) in [4.78, 5) is 7.88. The van der Waals surface area contributed by atoms with E-state index in [0.717, 1.165) is 69.1 Å². The number of aliphatic imine (C=N–C) groups is 1. The minimum atomic E-state index is 0.235. The third-order valence-corrected chi connectivity index (χ3v) is 12.1. The summed E-state index contributed by atoms with van der Waals surface area (Å²) in [6, 6.07) is 0.767. The average molecular weight is 670 g/mol. The zero-order valence-electron chi connectivity index (χ0n) is 23.4. The topological polar surface area (TPSA) is 45.5 Å². The number of piperidine rings is 1. The monoisotopic (exact) mass is 667 g/mol. The first-order valence-corrected chi connectivity index (χ1v) is 16.9. The number of fused-ring (bicyclic) bond motifs is 1. The van der Waals surface area contributed by atoms with Crippen LogP contribution in [0, 0.1) is 29.1 Å². The van der Waals surface area contributed by atoms with Gasteiger partial charge in [-0.2, -0.15) is 5.10 Å². The molecule has 3 heterocycles. The number of nitrogens with one attached hydrogen (secondary N) is 1. The standard InChI is InChI=1S/C30H44Br2ClN5/c1-19-21(3)30(4,12-9-22(19)15-31)18-37-13-10-23(11-14-37)35-27-17-38-29(25(32)16-34-38)36-28(20(27)2)24-7-5-6-8-26(24)33/h7-8,16,19-23,27,35H,5-6,9-15,17-18H2,1-4H3/t19-,20+,21+,22?,27+,30?/m0/s1. The highest BCUT2D eigenvalue weighted by Crippen LogP contribution is 2.48. The van der Waals surface area contributed by atoms with Crippen molar-refractivity contribution in [3.8, 4) is 0 Å². The summed E-state index contributed by atoms with van der Waals surface area (Å²) in [5.41, 5.74) is 2.60. The highest BCUT2D eigenvalue weighted by molar-refractivity contribution is 9.10. The summed E-state index contributed by atoms with van der Waals surface area (Å²) in [6.45, 7) is 14.2. The fourth-order valence-corrected chi connectivity index (χ4v) is 8.87. The Morgan fingerprint density at radius 3 is 2.58 bits per heavy atom. The minimum Gasteiger partial charge on any atom is -0.309 e. The number of rotatable bonds is 6. The van der Waals surface area contributed by atoms with Crippen LogP contribution >= 0.6 is 43.5 Å². The zero-order valence-corrected chi connectivity index (χ0v) is 27.3. The molecule has 8 heteroatoms. The lowest BCUT2D eigenvalue weighted by molar-refractivity contribution is 0.00517. The molecule has 0 spiro atoms. The second kappa shape index (κ2) is 12.2. The summed E-state index contributed by atoms with van der Waals surface area (Å²) in [7, 11) is 0. The summed E-state index contributed by atoms with van der Waals surface area (Å²) in [6.07, 6.45) is 13.4. The van der Waals surface area contributed by atoms with Gasteiger partial charge < -0.3 is 10.2 Å². The summed E-state index contributed by atoms with van der Waals surface area (Å²) >= 11 is 14.1. The number of nitrogens with zero attached hydrogens (tertiary/aromatic N) is 4. The van der Waals surface area contributed by atoms with E-state index in [0.29, 0.717) is 11.5 Å². The van der Waals surface area contributed by atoms with Crippen molar-refractivity contribution >= 4 is 55.0 Å². The molecule has 1 saturated carbocycles. The van der Waals surface area contributed by atoms with Crippen LogP contribution in [0.25, 0.3) is 0 Å². The van der Waals surface area contributed by atoms with Crippen LogP contribution in [0.4, 0.5) is 5.82 Å². The van der Waals surface area contributed by atoms with Crippen molar-refractivity contribution in [1.29, 1.82) is 0 Å². The number of likely N-dealkylation sites (tertiary alicyclic amines) is 1. The minimum absolute atomic E-state index is 0.235. The molecular weight excluding hydrogens is 626 g/mol. The maximum absolute atomic E-state index is 6.71. The Labute approximate surface area is 251 Å². The number of hydrogen-bond donors (Lipinski definition) is 1. The Morgan fingerprint density at radius 1 is 1.13 bits per heavy atom. The van der Waals surface area contributed by atoms with Gasteiger partial charge in [0.15, 0.2) is 5.82 Å². The number of hydrogen-bond acceptors (Lipinski definition) is 4. The van der Waals surface area contributed by atoms with E-state index in [4.69, 9.17) is 16.6 Å². The van der Waals surface area contributed by atoms with E-state index in [1.54, 1.807) is 0 Å². The molecule has 0 bridgehead atoms. The van der Waals surface area contributed by atoms with Crippen LogP contribution in [-0.4, -0.2) is 57.4 Å². The molecule has 0 amide bonds. The summed E-state index contributed by atoms with van der Waals surface area (Å²) in [5, 5.41) is 10.7. The number of alkyl halides is 1. The number of allylic oxidation sites excluding steroid dienone is 4. The SMILES string of the molecule is C[C@@H]1C(CBr)CCC(C)(CN2CCC(N[C@@H]3Cn4ncc(Br)c4N=C(C4=CCCC=C4Cl)[C@@H]3C)CC2)[C@@H]1C. The van der Waals surface area contributed by atoms with Crippen molar-refractivity contribution in [2.75, 3.05) is 25.0 Å². The van der Waals surface area contributed by atoms with Gasteiger partial charge in [0.25, 0.3) is 0 Å². The predicted molar refractivity (Wildman–Crippen MR) is 167 cm³/mol. The van der Waals surface area contributed by atoms with Gasteiger partial charge in [0.1, 0.15) is 0 Å². The molecule has 0 aromatic carbocycles. The van der Waals surface area contributed by atoms with E-state index in [1.165, 1.54) is 45.3 Å². The first kappa shape index (κ1) is 29.0. The van der Waals surface area contributed by atoms with Gasteiger partial charge in [0, 0.05) is 40.5 Å². The molecule has 1 aromatic heterocycles. The Morgan fingerprint density at radius 2 is 1.87 bits per heavy atom. The van der Waals surface area contributed by atoms with Crippen LogP contribution in [0.1, 0.15) is 66.2 Å². The van der Waals surface area contributed by atoms with Gasteiger partial charge in [-0.15, -0.1) is 0 Å². The van der Waals surface area contributed by atoms with Crippen molar-refractivity contribution in [2.24, 2.45) is 34.1 Å². The third-order valence-electron chi connectivity index (χ3n) is 10.3. The molecule has 5 nitrogen and oxygen atoms in total. The van der Waals surface area contributed by atoms with Crippen molar-refractivity contribution in [3.63, 3.8) is 0 Å². The fraction of sp³-hybridized carbons (Fsp3) is 0.733. The lowest BCUT2D eigenvalue weighted by Crippen LogP contribution is -2.53. The Balaban J connectivity index is 1.24. The zero-order chi connectivity index (χ0) is 27.0. The van der Waals surface area contributed by atoms with Gasteiger partial charge in [-0.05, 0) is 90.7 Å². The van der Waals surface area contributed by atoms with Crippen molar-refractivity contribution in [3.05, 3.63) is 33.4 Å². The van der Waals surface area contributed by atoms with Gasteiger partial charge in [-0.3, -0.25) is 0 Å². The fourth-order valence-electron chi connectivity index (χ4n) is 7.29. The van der Waals surface area contributed by atoms with Crippen LogP contribution in [0.15, 0.2) is 38.4 Å². The van der Waals surface area contributed by atoms with Crippen molar-refractivity contribution < 1.29 is 0 Å². The molecule has 6 atom stereocenters. The van der Waals surface area contributed by atoms with Gasteiger partial charge >= 0.3 is 0 Å². The molecule has 2 aliphatic heterocycles. The van der Waals surface area contributed by atoms with Crippen molar-refractivity contribution in [2.45, 2.75) is 84.8 Å². The van der Waals surface area contributed by atoms with Crippen LogP contribution < -0.4 is 5.32 Å². The molecule has 1 aromatic rings. The maximum Gasteiger partial charge on any atom is 0.165 e. The lowest BCUT2D eigenvalue weighted by Gasteiger charge is -2.50. The van der Waals surface area contributed by atoms with E-state index in [2.05, 4.69) is 87.0 Å². The number of aromatic nitrogens is 2. The molecule has 38 heavy (non-hydrogen) atoms. The Kier molecular flexibility index (Phi) is 9.31. The molecule has 4 aliphatic rings. The highest BCUT2D eigenvalue weighted by Gasteiger charge is 2.43. The first-order valence-electron chi connectivity index (χ1n) is 14.6. The van der Waals surface area contributed by atoms with E-state index in [9.17, 15) is 0 Å². The van der Waals surface area contributed by atoms with Gasteiger partial charge in [0.05, 0.1) is 22.9 Å². The van der Waals surface area contributed by atoms with E-state index in [-0.39, 0.29) is 12.0 Å².